The summed E-state index contributed by atoms with van der Waals surface area (Å²) in [5.41, 5.74) is -2.95. The van der Waals surface area contributed by atoms with Crippen molar-refractivity contribution in [1.29, 1.82) is 5.26 Å². The van der Waals surface area contributed by atoms with Gasteiger partial charge in [0.2, 0.25) is 5.82 Å². The first-order valence-corrected chi connectivity index (χ1v) is 11.5. The number of likely N-dealkylation sites (tertiary alicyclic amines) is 1. The molecule has 2 aliphatic heterocycles. The van der Waals surface area contributed by atoms with Gasteiger partial charge in [0.25, 0.3) is 11.8 Å². The summed E-state index contributed by atoms with van der Waals surface area (Å²) in [5, 5.41) is 11.3. The van der Waals surface area contributed by atoms with Gasteiger partial charge in [-0.15, -0.1) is 0 Å². The van der Waals surface area contributed by atoms with Crippen molar-refractivity contribution in [2.24, 2.45) is 11.8 Å². The molecule has 4 atom stereocenters. The maximum atomic E-state index is 14.5. The van der Waals surface area contributed by atoms with E-state index in [-0.39, 0.29) is 36.0 Å². The summed E-state index contributed by atoms with van der Waals surface area (Å²) in [4.78, 5) is 31.3. The molecule has 13 heteroatoms. The fourth-order valence-corrected chi connectivity index (χ4v) is 4.77. The number of aromatic nitrogens is 1. The van der Waals surface area contributed by atoms with Gasteiger partial charge in [0.05, 0.1) is 19.1 Å². The van der Waals surface area contributed by atoms with Crippen molar-refractivity contribution in [3.05, 3.63) is 53.4 Å². The van der Waals surface area contributed by atoms with Crippen LogP contribution in [-0.2, 0) is 9.53 Å². The van der Waals surface area contributed by atoms with Crippen molar-refractivity contribution in [3.8, 4) is 11.8 Å². The number of methoxy groups -OCH3 is 1. The predicted molar refractivity (Wildman–Crippen MR) is 122 cm³/mol. The molecule has 2 fully saturated rings. The van der Waals surface area contributed by atoms with E-state index in [1.54, 1.807) is 0 Å². The summed E-state index contributed by atoms with van der Waals surface area (Å²) < 4.78 is 80.9. The SMILES string of the molecule is COc1c([C@H]2[C@H](C(=O)Nc3ccnc(C(=O)N4CC(C#N)C4)c3)O[C@@](C)(C(F)(F)F)[C@H]2C)ccc(F)c1F. The molecule has 3 heterocycles. The number of halogens is 5. The number of carbonyl (C=O) groups excluding carboxylic acids is 2. The van der Waals surface area contributed by atoms with Crippen LogP contribution in [0.3, 0.4) is 0 Å². The number of carbonyl (C=O) groups is 2. The minimum atomic E-state index is -4.90. The van der Waals surface area contributed by atoms with Gasteiger partial charge in [-0.1, -0.05) is 13.0 Å². The van der Waals surface area contributed by atoms with Gasteiger partial charge in [-0.25, -0.2) is 4.39 Å². The van der Waals surface area contributed by atoms with Crippen LogP contribution in [0.1, 0.15) is 35.8 Å². The number of hydrogen-bond acceptors (Lipinski definition) is 6. The number of pyridine rings is 1. The standard InChI is InChI=1S/C25H23F5N4O4/c1-12-18(15-4-5-16(26)19(27)20(15)37-3)21(38-24(12,2)25(28,29)30)22(35)33-14-6-7-32-17(8-14)23(36)34-10-13(9-31)11-34/h4-8,12-13,18,21H,10-11H2,1-3H3,(H,32,33,35)/t12-,18-,21+,24+/m0/s1. The summed E-state index contributed by atoms with van der Waals surface area (Å²) in [6.45, 7) is 2.45. The summed E-state index contributed by atoms with van der Waals surface area (Å²) >= 11 is 0. The quantitative estimate of drug-likeness (QED) is 0.577. The van der Waals surface area contributed by atoms with Crippen molar-refractivity contribution in [1.82, 2.24) is 9.88 Å². The van der Waals surface area contributed by atoms with Crippen molar-refractivity contribution < 1.29 is 41.0 Å². The minimum Gasteiger partial charge on any atom is -0.493 e. The first-order valence-electron chi connectivity index (χ1n) is 11.5. The lowest BCUT2D eigenvalue weighted by Crippen LogP contribution is -2.49. The Morgan fingerprint density at radius 2 is 1.95 bits per heavy atom. The highest BCUT2D eigenvalue weighted by molar-refractivity contribution is 5.98. The van der Waals surface area contributed by atoms with Crippen molar-refractivity contribution in [2.45, 2.75) is 37.6 Å². The Morgan fingerprint density at radius 1 is 1.26 bits per heavy atom. The van der Waals surface area contributed by atoms with Gasteiger partial charge in [0.1, 0.15) is 11.8 Å². The van der Waals surface area contributed by atoms with Gasteiger partial charge in [-0.05, 0) is 25.1 Å². The molecule has 0 unspecified atom stereocenters. The molecule has 1 aromatic carbocycles. The van der Waals surface area contributed by atoms with E-state index in [0.717, 1.165) is 26.2 Å². The van der Waals surface area contributed by atoms with Crippen molar-refractivity contribution >= 4 is 17.5 Å². The fourth-order valence-electron chi connectivity index (χ4n) is 4.77. The minimum absolute atomic E-state index is 0.0427. The monoisotopic (exact) mass is 538 g/mol. The zero-order valence-corrected chi connectivity index (χ0v) is 20.5. The smallest absolute Gasteiger partial charge is 0.417 e. The van der Waals surface area contributed by atoms with Crippen LogP contribution in [0.2, 0.25) is 0 Å². The Labute approximate surface area is 214 Å². The molecule has 38 heavy (non-hydrogen) atoms. The maximum absolute atomic E-state index is 14.5. The third kappa shape index (κ3) is 4.53. The molecule has 2 amide bonds. The van der Waals surface area contributed by atoms with Crippen LogP contribution in [-0.4, -0.2) is 59.8 Å². The molecule has 2 saturated heterocycles. The van der Waals surface area contributed by atoms with Crippen LogP contribution < -0.4 is 10.1 Å². The van der Waals surface area contributed by atoms with E-state index in [2.05, 4.69) is 10.3 Å². The zero-order chi connectivity index (χ0) is 28.0. The number of anilines is 1. The summed E-state index contributed by atoms with van der Waals surface area (Å²) in [6.07, 6.45) is -5.45. The average molecular weight is 538 g/mol. The van der Waals surface area contributed by atoms with Gasteiger partial charge in [-0.2, -0.15) is 22.8 Å². The number of amides is 2. The molecule has 0 spiro atoms. The van der Waals surface area contributed by atoms with Crippen LogP contribution in [0.5, 0.6) is 5.75 Å². The number of nitrogens with zero attached hydrogens (tertiary/aromatic N) is 3. The van der Waals surface area contributed by atoms with Crippen LogP contribution in [0.4, 0.5) is 27.6 Å². The van der Waals surface area contributed by atoms with Crippen LogP contribution in [0.25, 0.3) is 0 Å². The number of nitrogens with one attached hydrogen (secondary N) is 1. The Bertz CT molecular complexity index is 1310. The first kappa shape index (κ1) is 27.3. The highest BCUT2D eigenvalue weighted by atomic mass is 19.4. The summed E-state index contributed by atoms with van der Waals surface area (Å²) in [7, 11) is 1.03. The van der Waals surface area contributed by atoms with E-state index in [1.807, 2.05) is 6.07 Å². The summed E-state index contributed by atoms with van der Waals surface area (Å²) in [5.74, 6) is -7.85. The van der Waals surface area contributed by atoms with E-state index in [4.69, 9.17) is 14.7 Å². The lowest BCUT2D eigenvalue weighted by atomic mass is 9.77. The number of rotatable bonds is 5. The van der Waals surface area contributed by atoms with Gasteiger partial charge >= 0.3 is 6.18 Å². The normalized spacial score (nSPS) is 25.4. The predicted octanol–water partition coefficient (Wildman–Crippen LogP) is 4.04. The van der Waals surface area contributed by atoms with E-state index < -0.39 is 58.9 Å². The highest BCUT2D eigenvalue weighted by Gasteiger charge is 2.66. The first-order chi connectivity index (χ1) is 17.8. The van der Waals surface area contributed by atoms with Gasteiger partial charge in [0.15, 0.2) is 17.2 Å². The third-order valence-electron chi connectivity index (χ3n) is 7.17. The largest absolute Gasteiger partial charge is 0.493 e. The molecule has 1 aromatic heterocycles. The number of ether oxygens (including phenoxy) is 2. The van der Waals surface area contributed by atoms with E-state index in [1.165, 1.54) is 30.2 Å². The summed E-state index contributed by atoms with van der Waals surface area (Å²) in [6, 6.07) is 6.42. The molecule has 2 aromatic rings. The lowest BCUT2D eigenvalue weighted by Gasteiger charge is -2.34. The zero-order valence-electron chi connectivity index (χ0n) is 20.5. The fraction of sp³-hybridized carbons (Fsp3) is 0.440. The second kappa shape index (κ2) is 9.83. The molecular weight excluding hydrogens is 515 g/mol. The topological polar surface area (TPSA) is 105 Å². The number of hydrogen-bond donors (Lipinski definition) is 1. The number of benzene rings is 1. The van der Waals surface area contributed by atoms with E-state index in [9.17, 15) is 31.5 Å². The van der Waals surface area contributed by atoms with Gasteiger partial charge in [0, 0.05) is 42.4 Å². The van der Waals surface area contributed by atoms with Crippen LogP contribution >= 0.6 is 0 Å². The van der Waals surface area contributed by atoms with Crippen molar-refractivity contribution in [3.63, 3.8) is 0 Å². The second-order valence-corrected chi connectivity index (χ2v) is 9.40. The Morgan fingerprint density at radius 3 is 2.55 bits per heavy atom. The molecule has 0 saturated carbocycles. The maximum Gasteiger partial charge on any atom is 0.417 e. The van der Waals surface area contributed by atoms with Crippen LogP contribution in [0.15, 0.2) is 30.5 Å². The molecule has 0 aliphatic carbocycles. The average Bonchev–Trinajstić information content (AvgIpc) is 3.12. The van der Waals surface area contributed by atoms with Gasteiger partial charge in [-0.3, -0.25) is 14.6 Å². The van der Waals surface area contributed by atoms with Gasteiger partial charge < -0.3 is 19.7 Å². The Kier molecular flexibility index (Phi) is 7.05. The second-order valence-electron chi connectivity index (χ2n) is 9.40. The molecule has 0 radical (unpaired) electrons. The van der Waals surface area contributed by atoms with E-state index >= 15 is 0 Å². The molecule has 202 valence electrons. The van der Waals surface area contributed by atoms with E-state index in [0.29, 0.717) is 0 Å². The molecule has 1 N–H and O–H groups in total. The number of alkyl halides is 3. The third-order valence-corrected chi connectivity index (χ3v) is 7.17. The number of nitriles is 1. The molecule has 0 bridgehead atoms. The molecule has 8 nitrogen and oxygen atoms in total. The molecule has 2 aliphatic rings. The molecule has 4 rings (SSSR count). The molecular formula is C25H23F5N4O4. The van der Waals surface area contributed by atoms with Crippen LogP contribution in [0, 0.1) is 34.8 Å². The Hall–Kier alpha value is -3.79. The highest BCUT2D eigenvalue weighted by Crippen LogP contribution is 2.55. The van der Waals surface area contributed by atoms with Crippen molar-refractivity contribution in [2.75, 3.05) is 25.5 Å². The Balaban J connectivity index is 1.66. The lowest BCUT2D eigenvalue weighted by molar-refractivity contribution is -0.272.